The number of halogens is 2. The van der Waals surface area contributed by atoms with Crippen molar-refractivity contribution in [3.05, 3.63) is 63.6 Å². The molecule has 0 aromatic heterocycles. The quantitative estimate of drug-likeness (QED) is 0.350. The molecule has 2 rings (SSSR count). The average molecular weight is 324 g/mol. The van der Waals surface area contributed by atoms with Crippen LogP contribution < -0.4 is 11.1 Å². The van der Waals surface area contributed by atoms with E-state index in [9.17, 15) is 4.79 Å². The molecule has 0 aliphatic rings. The summed E-state index contributed by atoms with van der Waals surface area (Å²) in [6.07, 6.45) is 0. The Bertz CT molecular complexity index is 680. The first-order chi connectivity index (χ1) is 9.99. The van der Waals surface area contributed by atoms with Crippen molar-refractivity contribution >= 4 is 40.6 Å². The van der Waals surface area contributed by atoms with E-state index in [1.165, 1.54) is 0 Å². The van der Waals surface area contributed by atoms with E-state index in [0.29, 0.717) is 26.9 Å². The normalized spacial score (nSPS) is 11.2. The number of nitrogens with one attached hydrogen (secondary N) is 1. The molecule has 0 aliphatic heterocycles. The van der Waals surface area contributed by atoms with Gasteiger partial charge in [0.1, 0.15) is 0 Å². The zero-order valence-corrected chi connectivity index (χ0v) is 12.2. The molecule has 1 amide bonds. The van der Waals surface area contributed by atoms with E-state index >= 15 is 0 Å². The highest BCUT2D eigenvalue weighted by atomic mass is 35.5. The Morgan fingerprint density at radius 2 is 1.57 bits per heavy atom. The topological polar surface area (TPSA) is 87.7 Å². The molecule has 0 radical (unpaired) electrons. The van der Waals surface area contributed by atoms with Crippen LogP contribution in [-0.2, 0) is 0 Å². The molecule has 0 spiro atoms. The maximum atomic E-state index is 12.1. The molecular weight excluding hydrogens is 313 g/mol. The summed E-state index contributed by atoms with van der Waals surface area (Å²) >= 11 is 11.7. The molecule has 0 heterocycles. The number of amidine groups is 1. The summed E-state index contributed by atoms with van der Waals surface area (Å²) in [5.41, 5.74) is 6.88. The van der Waals surface area contributed by atoms with Gasteiger partial charge in [0.05, 0.1) is 0 Å². The lowest BCUT2D eigenvalue weighted by atomic mass is 10.1. The lowest BCUT2D eigenvalue weighted by molar-refractivity contribution is 0.102. The Hall–Kier alpha value is -2.24. The van der Waals surface area contributed by atoms with Crippen LogP contribution in [0.25, 0.3) is 0 Å². The number of benzene rings is 2. The van der Waals surface area contributed by atoms with Crippen LogP contribution in [0.5, 0.6) is 0 Å². The lowest BCUT2D eigenvalue weighted by Crippen LogP contribution is -2.15. The number of anilines is 1. The van der Waals surface area contributed by atoms with Crippen molar-refractivity contribution in [2.24, 2.45) is 10.9 Å². The molecule has 0 saturated heterocycles. The third kappa shape index (κ3) is 3.87. The van der Waals surface area contributed by atoms with Crippen LogP contribution in [-0.4, -0.2) is 17.0 Å². The van der Waals surface area contributed by atoms with E-state index in [0.717, 1.165) is 0 Å². The standard InChI is InChI=1S/C14H11Cl2N3O2/c15-10-5-11(16)7-12(6-10)18-14(20)9-3-1-8(2-4-9)13(17)19-21/h1-7,21H,(H2,17,19)(H,18,20). The van der Waals surface area contributed by atoms with E-state index in [1.54, 1.807) is 42.5 Å². The maximum Gasteiger partial charge on any atom is 0.255 e. The third-order valence-electron chi connectivity index (χ3n) is 2.67. The van der Waals surface area contributed by atoms with Gasteiger partial charge in [-0.1, -0.05) is 40.5 Å². The fraction of sp³-hybridized carbons (Fsp3) is 0. The zero-order valence-electron chi connectivity index (χ0n) is 10.7. The summed E-state index contributed by atoms with van der Waals surface area (Å²) in [6, 6.07) is 11.0. The molecule has 0 fully saturated rings. The fourth-order valence-electron chi connectivity index (χ4n) is 1.68. The third-order valence-corrected chi connectivity index (χ3v) is 3.11. The number of nitrogens with two attached hydrogens (primary N) is 1. The number of nitrogens with zero attached hydrogens (tertiary/aromatic N) is 1. The second-order valence-corrected chi connectivity index (χ2v) is 5.05. The van der Waals surface area contributed by atoms with Gasteiger partial charge < -0.3 is 16.3 Å². The van der Waals surface area contributed by atoms with Gasteiger partial charge in [-0.05, 0) is 30.3 Å². The lowest BCUT2D eigenvalue weighted by Gasteiger charge is -2.07. The van der Waals surface area contributed by atoms with Crippen molar-refractivity contribution in [3.63, 3.8) is 0 Å². The van der Waals surface area contributed by atoms with E-state index < -0.39 is 0 Å². The SMILES string of the molecule is N/C(=N\O)c1ccc(C(=O)Nc2cc(Cl)cc(Cl)c2)cc1. The van der Waals surface area contributed by atoms with Gasteiger partial charge in [-0.15, -0.1) is 0 Å². The molecule has 0 unspecified atom stereocenters. The van der Waals surface area contributed by atoms with Crippen molar-refractivity contribution < 1.29 is 10.0 Å². The van der Waals surface area contributed by atoms with Crippen LogP contribution in [0.15, 0.2) is 47.6 Å². The molecule has 2 aromatic carbocycles. The highest BCUT2D eigenvalue weighted by Gasteiger charge is 2.08. The number of hydrogen-bond donors (Lipinski definition) is 3. The Kier molecular flexibility index (Phi) is 4.67. The van der Waals surface area contributed by atoms with Gasteiger partial charge >= 0.3 is 0 Å². The molecular formula is C14H11Cl2N3O2. The Balaban J connectivity index is 2.16. The minimum absolute atomic E-state index is 0.0245. The van der Waals surface area contributed by atoms with Crippen molar-refractivity contribution in [1.29, 1.82) is 0 Å². The van der Waals surface area contributed by atoms with E-state index in [1.807, 2.05) is 0 Å². The van der Waals surface area contributed by atoms with Crippen molar-refractivity contribution in [1.82, 2.24) is 0 Å². The number of oxime groups is 1. The smallest absolute Gasteiger partial charge is 0.255 e. The predicted molar refractivity (Wildman–Crippen MR) is 83.4 cm³/mol. The molecule has 0 atom stereocenters. The largest absolute Gasteiger partial charge is 0.409 e. The van der Waals surface area contributed by atoms with E-state index in [-0.39, 0.29) is 11.7 Å². The molecule has 4 N–H and O–H groups in total. The van der Waals surface area contributed by atoms with Crippen molar-refractivity contribution in [2.75, 3.05) is 5.32 Å². The van der Waals surface area contributed by atoms with Gasteiger partial charge in [-0.2, -0.15) is 0 Å². The first-order valence-electron chi connectivity index (χ1n) is 5.85. The summed E-state index contributed by atoms with van der Waals surface area (Å²) < 4.78 is 0. The molecule has 108 valence electrons. The van der Waals surface area contributed by atoms with Gasteiger partial charge in [0, 0.05) is 26.9 Å². The van der Waals surface area contributed by atoms with Gasteiger partial charge in [0.15, 0.2) is 5.84 Å². The van der Waals surface area contributed by atoms with Crippen molar-refractivity contribution in [3.8, 4) is 0 Å². The number of carbonyl (C=O) groups excluding carboxylic acids is 1. The molecule has 0 bridgehead atoms. The first-order valence-corrected chi connectivity index (χ1v) is 6.60. The number of carbonyl (C=O) groups is 1. The minimum Gasteiger partial charge on any atom is -0.409 e. The fourth-order valence-corrected chi connectivity index (χ4v) is 2.21. The molecule has 7 heteroatoms. The van der Waals surface area contributed by atoms with Gasteiger partial charge in [0.2, 0.25) is 0 Å². The van der Waals surface area contributed by atoms with E-state index in [4.69, 9.17) is 34.1 Å². The molecule has 0 saturated carbocycles. The van der Waals surface area contributed by atoms with Crippen molar-refractivity contribution in [2.45, 2.75) is 0 Å². The monoisotopic (exact) mass is 323 g/mol. The first kappa shape index (κ1) is 15.2. The minimum atomic E-state index is -0.320. The van der Waals surface area contributed by atoms with Gasteiger partial charge in [-0.3, -0.25) is 4.79 Å². The molecule has 5 nitrogen and oxygen atoms in total. The highest BCUT2D eigenvalue weighted by molar-refractivity contribution is 6.35. The summed E-state index contributed by atoms with van der Waals surface area (Å²) in [6.45, 7) is 0. The number of amides is 1. The Morgan fingerprint density at radius 3 is 2.10 bits per heavy atom. The number of hydrogen-bond acceptors (Lipinski definition) is 3. The molecule has 2 aromatic rings. The van der Waals surface area contributed by atoms with Crippen LogP contribution in [0.1, 0.15) is 15.9 Å². The van der Waals surface area contributed by atoms with Crippen LogP contribution in [0, 0.1) is 0 Å². The zero-order chi connectivity index (χ0) is 15.4. The summed E-state index contributed by atoms with van der Waals surface area (Å²) in [5, 5.41) is 15.0. The summed E-state index contributed by atoms with van der Waals surface area (Å²) in [7, 11) is 0. The molecule has 21 heavy (non-hydrogen) atoms. The van der Waals surface area contributed by atoms with Gasteiger partial charge in [-0.25, -0.2) is 0 Å². The second kappa shape index (κ2) is 6.47. The van der Waals surface area contributed by atoms with Crippen LogP contribution in [0.4, 0.5) is 5.69 Å². The predicted octanol–water partition coefficient (Wildman–Crippen LogP) is 3.34. The van der Waals surface area contributed by atoms with Gasteiger partial charge in [0.25, 0.3) is 5.91 Å². The highest BCUT2D eigenvalue weighted by Crippen LogP contribution is 2.22. The number of rotatable bonds is 3. The molecule has 0 aliphatic carbocycles. The van der Waals surface area contributed by atoms with Crippen LogP contribution >= 0.6 is 23.2 Å². The Labute approximate surface area is 131 Å². The Morgan fingerprint density at radius 1 is 1.05 bits per heavy atom. The second-order valence-electron chi connectivity index (χ2n) is 4.17. The maximum absolute atomic E-state index is 12.1. The van der Waals surface area contributed by atoms with Crippen LogP contribution in [0.2, 0.25) is 10.0 Å². The van der Waals surface area contributed by atoms with E-state index in [2.05, 4.69) is 10.5 Å². The van der Waals surface area contributed by atoms with Crippen LogP contribution in [0.3, 0.4) is 0 Å². The average Bonchev–Trinajstić information content (AvgIpc) is 2.45. The summed E-state index contributed by atoms with van der Waals surface area (Å²) in [4.78, 5) is 12.1. The summed E-state index contributed by atoms with van der Waals surface area (Å²) in [5.74, 6) is -0.344.